The van der Waals surface area contributed by atoms with E-state index in [1.54, 1.807) is 0 Å². The fraction of sp³-hybridized carbons (Fsp3) is 0.769. The molecule has 3 nitrogen and oxygen atoms in total. The lowest BCUT2D eigenvalue weighted by molar-refractivity contribution is -0.147. The smallest absolute Gasteiger partial charge is 0.384 e. The van der Waals surface area contributed by atoms with Crippen LogP contribution in [0, 0.1) is 17.8 Å². The number of carbonyl (C=O) groups excluding carboxylic acids is 1. The van der Waals surface area contributed by atoms with Gasteiger partial charge in [0.05, 0.1) is 0 Å². The van der Waals surface area contributed by atoms with Gasteiger partial charge in [-0.05, 0) is 53.8 Å². The fourth-order valence-electron chi connectivity index (χ4n) is 1.62. The number of hydrogen-bond donors (Lipinski definition) is 0. The van der Waals surface area contributed by atoms with E-state index in [-0.39, 0.29) is 0 Å². The van der Waals surface area contributed by atoms with E-state index in [0.717, 1.165) is 25.9 Å². The van der Waals surface area contributed by atoms with E-state index in [4.69, 9.17) is 4.74 Å². The molecule has 0 aromatic carbocycles. The third kappa shape index (κ3) is 5.18. The number of piperidine rings is 1. The van der Waals surface area contributed by atoms with Crippen molar-refractivity contribution < 1.29 is 9.53 Å². The van der Waals surface area contributed by atoms with Gasteiger partial charge in [-0.15, -0.1) is 0 Å². The highest BCUT2D eigenvalue weighted by atomic mass is 16.6. The van der Waals surface area contributed by atoms with Crippen molar-refractivity contribution in [1.29, 1.82) is 0 Å². The van der Waals surface area contributed by atoms with E-state index >= 15 is 0 Å². The molecule has 1 rings (SSSR count). The lowest BCUT2D eigenvalue weighted by Gasteiger charge is -2.25. The zero-order valence-electron chi connectivity index (χ0n) is 10.7. The highest BCUT2D eigenvalue weighted by molar-refractivity contribution is 5.88. The molecule has 90 valence electrons. The van der Waals surface area contributed by atoms with Crippen LogP contribution < -0.4 is 0 Å². The first-order valence-corrected chi connectivity index (χ1v) is 5.80. The predicted octanol–water partition coefficient (Wildman–Crippen LogP) is 1.67. The third-order valence-corrected chi connectivity index (χ3v) is 2.50. The summed E-state index contributed by atoms with van der Waals surface area (Å²) >= 11 is 0. The highest BCUT2D eigenvalue weighted by Gasteiger charge is 2.16. The number of nitrogens with zero attached hydrogens (tertiary/aromatic N) is 1. The summed E-state index contributed by atoms with van der Waals surface area (Å²) < 4.78 is 5.13. The fourth-order valence-corrected chi connectivity index (χ4v) is 1.62. The molecule has 0 aromatic heterocycles. The Kier molecular flexibility index (Phi) is 4.37. The molecule has 0 amide bonds. The predicted molar refractivity (Wildman–Crippen MR) is 63.8 cm³/mol. The quantitative estimate of drug-likeness (QED) is 0.355. The third-order valence-electron chi connectivity index (χ3n) is 2.50. The molecule has 1 heterocycles. The Hall–Kier alpha value is -1.01. The van der Waals surface area contributed by atoms with E-state index in [2.05, 4.69) is 23.8 Å². The summed E-state index contributed by atoms with van der Waals surface area (Å²) in [6, 6.07) is 0. The zero-order chi connectivity index (χ0) is 12.2. The molecule has 0 bridgehead atoms. The van der Waals surface area contributed by atoms with Crippen LogP contribution in [0.3, 0.4) is 0 Å². The number of ether oxygens (including phenoxy) is 1. The summed E-state index contributed by atoms with van der Waals surface area (Å²) in [4.78, 5) is 13.6. The summed E-state index contributed by atoms with van der Waals surface area (Å²) in [5.74, 6) is 5.55. The van der Waals surface area contributed by atoms with Gasteiger partial charge < -0.3 is 9.64 Å². The topological polar surface area (TPSA) is 29.5 Å². The van der Waals surface area contributed by atoms with E-state index in [1.165, 1.54) is 0 Å². The Balaban J connectivity index is 2.39. The van der Waals surface area contributed by atoms with Crippen LogP contribution >= 0.6 is 0 Å². The maximum atomic E-state index is 11.4. The Bertz CT molecular complexity index is 298. The zero-order valence-corrected chi connectivity index (χ0v) is 10.7. The van der Waals surface area contributed by atoms with E-state index < -0.39 is 11.6 Å². The number of likely N-dealkylation sites (tertiary alicyclic amines) is 1. The normalized spacial score (nSPS) is 18.8. The second-order valence-electron chi connectivity index (χ2n) is 5.35. The minimum atomic E-state index is -0.446. The Morgan fingerprint density at radius 1 is 1.31 bits per heavy atom. The monoisotopic (exact) mass is 223 g/mol. The molecule has 0 radical (unpaired) electrons. The van der Waals surface area contributed by atoms with Gasteiger partial charge in [0.25, 0.3) is 0 Å². The van der Waals surface area contributed by atoms with Crippen LogP contribution in [0.4, 0.5) is 0 Å². The molecule has 1 aliphatic rings. The highest BCUT2D eigenvalue weighted by Crippen LogP contribution is 2.14. The summed E-state index contributed by atoms with van der Waals surface area (Å²) in [6.07, 6.45) is 2.10. The molecule has 1 fully saturated rings. The lowest BCUT2D eigenvalue weighted by atomic mass is 9.98. The van der Waals surface area contributed by atoms with Crippen molar-refractivity contribution >= 4 is 5.97 Å². The van der Waals surface area contributed by atoms with Crippen molar-refractivity contribution in [3.63, 3.8) is 0 Å². The summed E-state index contributed by atoms with van der Waals surface area (Å²) in [7, 11) is 2.11. The van der Waals surface area contributed by atoms with Crippen molar-refractivity contribution in [1.82, 2.24) is 4.90 Å². The molecule has 0 atom stereocenters. The van der Waals surface area contributed by atoms with Crippen molar-refractivity contribution in [3.8, 4) is 11.8 Å². The van der Waals surface area contributed by atoms with Gasteiger partial charge in [0.2, 0.25) is 0 Å². The van der Waals surface area contributed by atoms with Gasteiger partial charge in [-0.25, -0.2) is 4.79 Å². The van der Waals surface area contributed by atoms with Crippen LogP contribution in [-0.2, 0) is 9.53 Å². The van der Waals surface area contributed by atoms with Crippen molar-refractivity contribution in [2.45, 2.75) is 39.2 Å². The molecular weight excluding hydrogens is 202 g/mol. The lowest BCUT2D eigenvalue weighted by Crippen LogP contribution is -2.29. The Labute approximate surface area is 98.1 Å². The number of rotatable bonds is 0. The first-order valence-electron chi connectivity index (χ1n) is 5.80. The van der Waals surface area contributed by atoms with Gasteiger partial charge >= 0.3 is 5.97 Å². The molecule has 1 saturated heterocycles. The second-order valence-corrected chi connectivity index (χ2v) is 5.35. The van der Waals surface area contributed by atoms with Gasteiger partial charge in [-0.2, -0.15) is 0 Å². The van der Waals surface area contributed by atoms with Crippen LogP contribution in [0.1, 0.15) is 33.6 Å². The number of hydrogen-bond acceptors (Lipinski definition) is 3. The van der Waals surface area contributed by atoms with Crippen LogP contribution in [-0.4, -0.2) is 36.6 Å². The summed E-state index contributed by atoms with van der Waals surface area (Å²) in [5, 5.41) is 0. The average molecular weight is 223 g/mol. The molecule has 0 aliphatic carbocycles. The molecule has 0 unspecified atom stereocenters. The Morgan fingerprint density at radius 3 is 2.38 bits per heavy atom. The maximum absolute atomic E-state index is 11.4. The van der Waals surface area contributed by atoms with E-state index in [1.807, 2.05) is 20.8 Å². The molecule has 0 spiro atoms. The molecule has 1 aliphatic heterocycles. The van der Waals surface area contributed by atoms with Gasteiger partial charge in [0.1, 0.15) is 5.60 Å². The molecule has 0 N–H and O–H groups in total. The molecule has 16 heavy (non-hydrogen) atoms. The van der Waals surface area contributed by atoms with Gasteiger partial charge in [-0.1, -0.05) is 5.92 Å². The summed E-state index contributed by atoms with van der Waals surface area (Å²) in [6.45, 7) is 7.67. The van der Waals surface area contributed by atoms with Crippen molar-refractivity contribution in [2.24, 2.45) is 5.92 Å². The van der Waals surface area contributed by atoms with Gasteiger partial charge in [-0.3, -0.25) is 0 Å². The summed E-state index contributed by atoms with van der Waals surface area (Å²) in [5.41, 5.74) is -0.446. The van der Waals surface area contributed by atoms with E-state index in [0.29, 0.717) is 5.92 Å². The van der Waals surface area contributed by atoms with Crippen LogP contribution in [0.5, 0.6) is 0 Å². The van der Waals surface area contributed by atoms with Crippen LogP contribution in [0.25, 0.3) is 0 Å². The average Bonchev–Trinajstić information content (AvgIpc) is 2.14. The minimum absolute atomic E-state index is 0.351. The largest absolute Gasteiger partial charge is 0.450 e. The molecule has 0 saturated carbocycles. The minimum Gasteiger partial charge on any atom is -0.450 e. The number of carbonyl (C=O) groups is 1. The van der Waals surface area contributed by atoms with Crippen LogP contribution in [0.15, 0.2) is 0 Å². The first-order chi connectivity index (χ1) is 7.37. The molecular formula is C13H21NO2. The van der Waals surface area contributed by atoms with Gasteiger partial charge in [0, 0.05) is 11.8 Å². The van der Waals surface area contributed by atoms with Crippen LogP contribution in [0.2, 0.25) is 0 Å². The Morgan fingerprint density at radius 2 is 1.88 bits per heavy atom. The molecule has 3 heteroatoms. The molecule has 0 aromatic rings. The van der Waals surface area contributed by atoms with Crippen molar-refractivity contribution in [2.75, 3.05) is 20.1 Å². The standard InChI is InChI=1S/C13H21NO2/c1-13(2,3)16-12(15)6-5-11-7-9-14(4)10-8-11/h11H,7-10H2,1-4H3. The number of esters is 1. The SMILES string of the molecule is CN1CCC(C#CC(=O)OC(C)(C)C)CC1. The second kappa shape index (κ2) is 5.36. The maximum Gasteiger partial charge on any atom is 0.384 e. The van der Waals surface area contributed by atoms with E-state index in [9.17, 15) is 4.79 Å². The first kappa shape index (κ1) is 13.1. The van der Waals surface area contributed by atoms with Gasteiger partial charge in [0.15, 0.2) is 0 Å². The van der Waals surface area contributed by atoms with Crippen molar-refractivity contribution in [3.05, 3.63) is 0 Å².